The Kier molecular flexibility index (Phi) is 5.45. The second kappa shape index (κ2) is 8.05. The van der Waals surface area contributed by atoms with Gasteiger partial charge in [0.1, 0.15) is 11.9 Å². The number of hydrogen-bond donors (Lipinski definition) is 1. The van der Waals surface area contributed by atoms with Crippen LogP contribution in [-0.4, -0.2) is 56.4 Å². The molecule has 0 radical (unpaired) electrons. The molecule has 9 heteroatoms. The number of anilines is 1. The first-order valence-electron chi connectivity index (χ1n) is 9.91. The molecule has 1 aliphatic carbocycles. The lowest BCUT2D eigenvalue weighted by Gasteiger charge is -2.36. The van der Waals surface area contributed by atoms with Crippen LogP contribution in [-0.2, 0) is 10.0 Å². The monoisotopic (exact) mass is 425 g/mol. The zero-order valence-electron chi connectivity index (χ0n) is 16.7. The normalized spacial score (nSPS) is 16.9. The third kappa shape index (κ3) is 4.15. The van der Waals surface area contributed by atoms with Crippen molar-refractivity contribution < 1.29 is 13.2 Å². The number of pyridine rings is 1. The molecule has 2 aliphatic rings. The lowest BCUT2D eigenvalue weighted by molar-refractivity contribution is 0.0745. The summed E-state index contributed by atoms with van der Waals surface area (Å²) in [6.07, 6.45) is 3.36. The Morgan fingerprint density at radius 1 is 1.20 bits per heavy atom. The van der Waals surface area contributed by atoms with Gasteiger partial charge in [0.05, 0.1) is 10.5 Å². The molecule has 1 saturated carbocycles. The Bertz CT molecular complexity index is 1110. The maximum atomic E-state index is 13.1. The van der Waals surface area contributed by atoms with Crippen molar-refractivity contribution in [2.24, 2.45) is 0 Å². The van der Waals surface area contributed by atoms with Crippen molar-refractivity contribution in [3.63, 3.8) is 0 Å². The SMILES string of the molecule is Cc1ccc(S(=O)(=O)NC2CC2)cc1C(=O)N1CCN(c2ncccc2C#N)CC1. The summed E-state index contributed by atoms with van der Waals surface area (Å²) in [6.45, 7) is 3.85. The molecule has 0 unspecified atom stereocenters. The Morgan fingerprint density at radius 2 is 1.93 bits per heavy atom. The van der Waals surface area contributed by atoms with Crippen LogP contribution >= 0.6 is 0 Å². The fraction of sp³-hybridized carbons (Fsp3) is 0.381. The van der Waals surface area contributed by atoms with E-state index in [-0.39, 0.29) is 16.8 Å². The maximum absolute atomic E-state index is 13.1. The summed E-state index contributed by atoms with van der Waals surface area (Å²) in [7, 11) is -3.62. The van der Waals surface area contributed by atoms with Crippen molar-refractivity contribution in [1.82, 2.24) is 14.6 Å². The highest BCUT2D eigenvalue weighted by Gasteiger charge is 2.30. The highest BCUT2D eigenvalue weighted by Crippen LogP contribution is 2.24. The third-order valence-electron chi connectivity index (χ3n) is 5.42. The number of nitriles is 1. The summed E-state index contributed by atoms with van der Waals surface area (Å²) in [4.78, 5) is 21.3. The molecule has 2 aromatic rings. The minimum Gasteiger partial charge on any atom is -0.352 e. The number of piperazine rings is 1. The van der Waals surface area contributed by atoms with Crippen molar-refractivity contribution >= 4 is 21.7 Å². The second-order valence-corrected chi connectivity index (χ2v) is 9.35. The highest BCUT2D eigenvalue weighted by molar-refractivity contribution is 7.89. The van der Waals surface area contributed by atoms with Crippen LogP contribution < -0.4 is 9.62 Å². The fourth-order valence-electron chi connectivity index (χ4n) is 3.52. The summed E-state index contributed by atoms with van der Waals surface area (Å²) in [5.41, 5.74) is 1.65. The maximum Gasteiger partial charge on any atom is 0.254 e. The predicted octanol–water partition coefficient (Wildman–Crippen LogP) is 1.66. The van der Waals surface area contributed by atoms with Gasteiger partial charge in [-0.05, 0) is 49.6 Å². The standard InChI is InChI=1S/C21H23N5O3S/c1-15-4-7-18(30(28,29)24-17-5-6-17)13-19(15)21(27)26-11-9-25(10-12-26)20-16(14-22)3-2-8-23-20/h2-4,7-8,13,17,24H,5-6,9-12H2,1H3. The van der Waals surface area contributed by atoms with Gasteiger partial charge in [0, 0.05) is 44.0 Å². The number of amides is 1. The quantitative estimate of drug-likeness (QED) is 0.781. The minimum absolute atomic E-state index is 0.00781. The Morgan fingerprint density at radius 3 is 2.60 bits per heavy atom. The average molecular weight is 426 g/mol. The van der Waals surface area contributed by atoms with Crippen molar-refractivity contribution in [3.05, 3.63) is 53.2 Å². The van der Waals surface area contributed by atoms with Crippen LogP contribution in [0, 0.1) is 18.3 Å². The van der Waals surface area contributed by atoms with E-state index in [1.54, 1.807) is 42.3 Å². The molecule has 156 valence electrons. The molecule has 1 aromatic carbocycles. The molecule has 4 rings (SSSR count). The van der Waals surface area contributed by atoms with E-state index in [1.165, 1.54) is 6.07 Å². The van der Waals surface area contributed by atoms with Gasteiger partial charge < -0.3 is 9.80 Å². The lowest BCUT2D eigenvalue weighted by atomic mass is 10.1. The second-order valence-electron chi connectivity index (χ2n) is 7.64. The fourth-order valence-corrected chi connectivity index (χ4v) is 4.85. The van der Waals surface area contributed by atoms with Gasteiger partial charge in [0.15, 0.2) is 0 Å². The summed E-state index contributed by atoms with van der Waals surface area (Å²) < 4.78 is 27.7. The first-order chi connectivity index (χ1) is 14.4. The molecule has 1 saturated heterocycles. The zero-order chi connectivity index (χ0) is 21.3. The summed E-state index contributed by atoms with van der Waals surface area (Å²) in [6, 6.07) is 10.3. The summed E-state index contributed by atoms with van der Waals surface area (Å²) in [5.74, 6) is 0.444. The molecule has 1 amide bonds. The number of aryl methyl sites for hydroxylation is 1. The van der Waals surface area contributed by atoms with Crippen LogP contribution in [0.3, 0.4) is 0 Å². The van der Waals surface area contributed by atoms with E-state index in [1.807, 2.05) is 4.90 Å². The van der Waals surface area contributed by atoms with Gasteiger partial charge in [-0.2, -0.15) is 5.26 Å². The van der Waals surface area contributed by atoms with E-state index in [0.29, 0.717) is 43.1 Å². The number of sulfonamides is 1. The van der Waals surface area contributed by atoms with Gasteiger partial charge in [-0.3, -0.25) is 4.79 Å². The Hall–Kier alpha value is -2.96. The molecule has 2 fully saturated rings. The molecule has 30 heavy (non-hydrogen) atoms. The van der Waals surface area contributed by atoms with E-state index >= 15 is 0 Å². The van der Waals surface area contributed by atoms with Crippen LogP contribution in [0.2, 0.25) is 0 Å². The number of nitrogens with one attached hydrogen (secondary N) is 1. The molecule has 1 aliphatic heterocycles. The summed E-state index contributed by atoms with van der Waals surface area (Å²) in [5, 5.41) is 9.28. The van der Waals surface area contributed by atoms with Gasteiger partial charge >= 0.3 is 0 Å². The van der Waals surface area contributed by atoms with Crippen LogP contribution in [0.4, 0.5) is 5.82 Å². The van der Waals surface area contributed by atoms with Crippen molar-refractivity contribution in [3.8, 4) is 6.07 Å². The topological polar surface area (TPSA) is 106 Å². The van der Waals surface area contributed by atoms with E-state index in [9.17, 15) is 18.5 Å². The van der Waals surface area contributed by atoms with E-state index in [4.69, 9.17) is 0 Å². The lowest BCUT2D eigenvalue weighted by Crippen LogP contribution is -2.49. The molecule has 8 nitrogen and oxygen atoms in total. The molecule has 1 N–H and O–H groups in total. The van der Waals surface area contributed by atoms with Gasteiger partial charge in [-0.1, -0.05) is 6.07 Å². The molecule has 0 bridgehead atoms. The first-order valence-corrected chi connectivity index (χ1v) is 11.4. The van der Waals surface area contributed by atoms with Crippen LogP contribution in [0.25, 0.3) is 0 Å². The van der Waals surface area contributed by atoms with E-state index < -0.39 is 10.0 Å². The minimum atomic E-state index is -3.62. The van der Waals surface area contributed by atoms with Gasteiger partial charge in [-0.25, -0.2) is 18.1 Å². The number of benzene rings is 1. The largest absolute Gasteiger partial charge is 0.352 e. The van der Waals surface area contributed by atoms with Crippen LogP contribution in [0.5, 0.6) is 0 Å². The molecule has 0 atom stereocenters. The Labute approximate surface area is 176 Å². The predicted molar refractivity (Wildman–Crippen MR) is 112 cm³/mol. The van der Waals surface area contributed by atoms with Crippen molar-refractivity contribution in [2.75, 3.05) is 31.1 Å². The third-order valence-corrected chi connectivity index (χ3v) is 6.94. The van der Waals surface area contributed by atoms with Gasteiger partial charge in [0.2, 0.25) is 10.0 Å². The molecular weight excluding hydrogens is 402 g/mol. The summed E-state index contributed by atoms with van der Waals surface area (Å²) >= 11 is 0. The first kappa shape index (κ1) is 20.3. The molecular formula is C21H23N5O3S. The van der Waals surface area contributed by atoms with Gasteiger partial charge in [-0.15, -0.1) is 0 Å². The number of aromatic nitrogens is 1. The number of nitrogens with zero attached hydrogens (tertiary/aromatic N) is 4. The Balaban J connectivity index is 1.49. The number of carbonyl (C=O) groups is 1. The molecule has 2 heterocycles. The molecule has 1 aromatic heterocycles. The van der Waals surface area contributed by atoms with E-state index in [2.05, 4.69) is 15.8 Å². The van der Waals surface area contributed by atoms with Crippen LogP contribution in [0.1, 0.15) is 34.3 Å². The van der Waals surface area contributed by atoms with Crippen LogP contribution in [0.15, 0.2) is 41.4 Å². The number of carbonyl (C=O) groups excluding carboxylic acids is 1. The molecule has 0 spiro atoms. The number of hydrogen-bond acceptors (Lipinski definition) is 6. The highest BCUT2D eigenvalue weighted by atomic mass is 32.2. The average Bonchev–Trinajstić information content (AvgIpc) is 3.57. The van der Waals surface area contributed by atoms with E-state index in [0.717, 1.165) is 18.4 Å². The van der Waals surface area contributed by atoms with Gasteiger partial charge in [0.25, 0.3) is 5.91 Å². The van der Waals surface area contributed by atoms with Crippen molar-refractivity contribution in [2.45, 2.75) is 30.7 Å². The number of rotatable bonds is 5. The zero-order valence-corrected chi connectivity index (χ0v) is 17.5. The smallest absolute Gasteiger partial charge is 0.254 e. The van der Waals surface area contributed by atoms with Crippen molar-refractivity contribution in [1.29, 1.82) is 5.26 Å².